The molecule has 0 aromatic rings. The normalized spacial score (nSPS) is 5.33. The second-order valence-electron chi connectivity index (χ2n) is 0.911. The highest BCUT2D eigenvalue weighted by Crippen LogP contribution is 1.13. The Hall–Kier alpha value is -0.928. The largest absolute Gasteiger partial charge is 0.370 e. The summed E-state index contributed by atoms with van der Waals surface area (Å²) < 4.78 is 0. The Morgan fingerprint density at radius 2 is 0.778 bits per heavy atom. The van der Waals surface area contributed by atoms with Crippen LogP contribution in [-0.4, -0.2) is 29.3 Å². The van der Waals surface area contributed by atoms with Crippen LogP contribution in [-0.2, 0) is 0 Å². The predicted molar refractivity (Wildman–Crippen MR) is 38.0 cm³/mol. The van der Waals surface area contributed by atoms with Gasteiger partial charge in [-0.1, -0.05) is 0 Å². The van der Waals surface area contributed by atoms with E-state index in [0.717, 1.165) is 0 Å². The highest BCUT2D eigenvalue weighted by Gasteiger charge is 1.52. The predicted octanol–water partition coefficient (Wildman–Crippen LogP) is -2.70. The molecule has 0 saturated carbocycles. The molecule has 7 heteroatoms. The molecule has 3 radical (unpaired) electrons. The summed E-state index contributed by atoms with van der Waals surface area (Å²) in [5.74, 6) is -0.667. The first-order chi connectivity index (χ1) is 3.46. The van der Waals surface area contributed by atoms with Crippen LogP contribution in [0, 0.1) is 10.8 Å². The second-order valence-corrected chi connectivity index (χ2v) is 0.911. The third-order valence-corrected chi connectivity index (χ3v) is 0. The van der Waals surface area contributed by atoms with Crippen molar-refractivity contribution < 1.29 is 0 Å². The minimum absolute atomic E-state index is 0. The van der Waals surface area contributed by atoms with Gasteiger partial charge in [-0.3, -0.25) is 10.8 Å². The van der Waals surface area contributed by atoms with E-state index in [1.165, 1.54) is 0 Å². The molecule has 0 aliphatic rings. The lowest BCUT2D eigenvalue weighted by atomic mass is 11.1. The van der Waals surface area contributed by atoms with E-state index in [4.69, 9.17) is 10.8 Å². The fraction of sp³-hybridized carbons (Fsp3) is 0. The summed E-state index contributed by atoms with van der Waals surface area (Å²) in [6, 6.07) is 0. The highest BCUT2D eigenvalue weighted by molar-refractivity contribution is 5.75. The summed E-state index contributed by atoms with van der Waals surface area (Å²) in [5, 5.41) is 12.1. The van der Waals surface area contributed by atoms with Crippen LogP contribution in [0.3, 0.4) is 0 Å². The maximum absolute atomic E-state index is 6.06. The van der Waals surface area contributed by atoms with E-state index >= 15 is 0 Å². The molecule has 0 aromatic heterocycles. The quantitative estimate of drug-likeness (QED) is 0.125. The Bertz CT molecular complexity index is 69.1. The zero-order valence-corrected chi connectivity index (χ0v) is 6.04. The van der Waals surface area contributed by atoms with Gasteiger partial charge in [-0.25, -0.2) is 0 Å². The Labute approximate surface area is 63.7 Å². The van der Waals surface area contributed by atoms with Crippen molar-refractivity contribution in [2.75, 3.05) is 0 Å². The first-order valence-corrected chi connectivity index (χ1v) is 1.65. The van der Waals surface area contributed by atoms with Crippen LogP contribution >= 0.6 is 0 Å². The third-order valence-electron chi connectivity index (χ3n) is 0. The number of rotatable bonds is 0. The van der Waals surface area contributed by atoms with Crippen LogP contribution in [0.5, 0.6) is 0 Å². The molecule has 9 heavy (non-hydrogen) atoms. The van der Waals surface area contributed by atoms with Crippen LogP contribution in [0.25, 0.3) is 0 Å². The summed E-state index contributed by atoms with van der Waals surface area (Å²) >= 11 is 0. The standard InChI is InChI=1S/2CH5N3.Al/c2*2-1(3)4;/h2*(H5,2,3,4);. The Kier molecular flexibility index (Phi) is 17.7. The molecular weight excluding hydrogens is 135 g/mol. The van der Waals surface area contributed by atoms with Gasteiger partial charge in [0.25, 0.3) is 0 Å². The second kappa shape index (κ2) is 10.1. The van der Waals surface area contributed by atoms with Crippen LogP contribution in [0.15, 0.2) is 0 Å². The van der Waals surface area contributed by atoms with Crippen molar-refractivity contribution in [3.8, 4) is 0 Å². The van der Waals surface area contributed by atoms with Crippen molar-refractivity contribution in [2.24, 2.45) is 22.9 Å². The summed E-state index contributed by atoms with van der Waals surface area (Å²) in [4.78, 5) is 0. The lowest BCUT2D eigenvalue weighted by Crippen LogP contribution is -2.20. The number of hydrogen-bond acceptors (Lipinski definition) is 2. The minimum atomic E-state index is -0.333. The lowest BCUT2D eigenvalue weighted by Gasteiger charge is -1.69. The van der Waals surface area contributed by atoms with E-state index in [2.05, 4.69) is 22.9 Å². The van der Waals surface area contributed by atoms with Gasteiger partial charge in [0.2, 0.25) is 0 Å². The maximum Gasteiger partial charge on any atom is 0.183 e. The van der Waals surface area contributed by atoms with Crippen molar-refractivity contribution in [2.45, 2.75) is 0 Å². The van der Waals surface area contributed by atoms with E-state index < -0.39 is 0 Å². The lowest BCUT2D eigenvalue weighted by molar-refractivity contribution is 1.38. The molecule has 0 unspecified atom stereocenters. The molecule has 10 N–H and O–H groups in total. The van der Waals surface area contributed by atoms with E-state index in [1.54, 1.807) is 0 Å². The molecule has 0 fully saturated rings. The van der Waals surface area contributed by atoms with Gasteiger partial charge < -0.3 is 22.9 Å². The Morgan fingerprint density at radius 3 is 0.778 bits per heavy atom. The fourth-order valence-electron chi connectivity index (χ4n) is 0. The van der Waals surface area contributed by atoms with Gasteiger partial charge in [0.15, 0.2) is 11.9 Å². The molecule has 0 spiro atoms. The number of nitrogens with one attached hydrogen (secondary N) is 2. The van der Waals surface area contributed by atoms with Gasteiger partial charge >= 0.3 is 0 Å². The van der Waals surface area contributed by atoms with E-state index in [1.807, 2.05) is 0 Å². The average Bonchev–Trinajstić information content (AvgIpc) is 1.25. The first-order valence-electron chi connectivity index (χ1n) is 1.65. The molecule has 0 aliphatic heterocycles. The molecule has 0 aromatic carbocycles. The summed E-state index contributed by atoms with van der Waals surface area (Å²) in [6.45, 7) is 0. The van der Waals surface area contributed by atoms with Gasteiger partial charge in [-0.05, 0) is 0 Å². The molecule has 0 heterocycles. The molecule has 0 amide bonds. The summed E-state index contributed by atoms with van der Waals surface area (Å²) in [7, 11) is 0. The monoisotopic (exact) mass is 145 g/mol. The van der Waals surface area contributed by atoms with Gasteiger partial charge in [-0.15, -0.1) is 0 Å². The minimum Gasteiger partial charge on any atom is -0.370 e. The van der Waals surface area contributed by atoms with Crippen LogP contribution < -0.4 is 22.9 Å². The first kappa shape index (κ1) is 15.7. The van der Waals surface area contributed by atoms with Crippen molar-refractivity contribution >= 4 is 29.3 Å². The highest BCUT2D eigenvalue weighted by atomic mass is 27.0. The van der Waals surface area contributed by atoms with Gasteiger partial charge in [0.1, 0.15) is 0 Å². The van der Waals surface area contributed by atoms with Crippen molar-refractivity contribution in [3.63, 3.8) is 0 Å². The number of nitrogens with two attached hydrogens (primary N) is 4. The smallest absolute Gasteiger partial charge is 0.183 e. The molecule has 0 bridgehead atoms. The zero-order valence-electron chi connectivity index (χ0n) is 4.89. The van der Waals surface area contributed by atoms with Gasteiger partial charge in [0.05, 0.1) is 0 Å². The maximum atomic E-state index is 6.06. The molecular formula is C2H10AlN6. The van der Waals surface area contributed by atoms with E-state index in [0.29, 0.717) is 0 Å². The van der Waals surface area contributed by atoms with Gasteiger partial charge in [0, 0.05) is 17.4 Å². The van der Waals surface area contributed by atoms with E-state index in [-0.39, 0.29) is 29.3 Å². The van der Waals surface area contributed by atoms with Crippen LogP contribution in [0.1, 0.15) is 0 Å². The fourth-order valence-corrected chi connectivity index (χ4v) is 0. The molecule has 0 aliphatic carbocycles. The number of guanidine groups is 2. The topological polar surface area (TPSA) is 152 Å². The summed E-state index contributed by atoms with van der Waals surface area (Å²) in [5.41, 5.74) is 17.9. The molecule has 0 rings (SSSR count). The molecule has 0 saturated heterocycles. The molecule has 51 valence electrons. The number of hydrogen-bond donors (Lipinski definition) is 6. The van der Waals surface area contributed by atoms with Crippen molar-refractivity contribution in [1.82, 2.24) is 0 Å². The average molecular weight is 145 g/mol. The van der Waals surface area contributed by atoms with Gasteiger partial charge in [-0.2, -0.15) is 0 Å². The molecule has 6 nitrogen and oxygen atoms in total. The van der Waals surface area contributed by atoms with Crippen molar-refractivity contribution in [1.29, 1.82) is 10.8 Å². The Balaban J connectivity index is -0.0000000720. The third kappa shape index (κ3) is 212. The van der Waals surface area contributed by atoms with Crippen LogP contribution in [0.2, 0.25) is 0 Å². The zero-order chi connectivity index (χ0) is 7.15. The Morgan fingerprint density at radius 1 is 0.778 bits per heavy atom. The van der Waals surface area contributed by atoms with Crippen LogP contribution in [0.4, 0.5) is 0 Å². The van der Waals surface area contributed by atoms with Crippen molar-refractivity contribution in [3.05, 3.63) is 0 Å². The summed E-state index contributed by atoms with van der Waals surface area (Å²) in [6.07, 6.45) is 0. The molecule has 0 atom stereocenters. The van der Waals surface area contributed by atoms with E-state index in [9.17, 15) is 0 Å². The SMILES string of the molecule is N=C(N)N.N=C(N)N.[Al].